The Hall–Kier alpha value is -0.860. The van der Waals surface area contributed by atoms with Crippen molar-refractivity contribution in [3.05, 3.63) is 35.4 Å². The summed E-state index contributed by atoms with van der Waals surface area (Å²) < 4.78 is 0. The van der Waals surface area contributed by atoms with E-state index in [4.69, 9.17) is 0 Å². The smallest absolute Gasteiger partial charge is 0.0244 e. The van der Waals surface area contributed by atoms with Gasteiger partial charge in [-0.3, -0.25) is 4.90 Å². The first-order valence-corrected chi connectivity index (χ1v) is 7.17. The molecule has 0 bridgehead atoms. The van der Waals surface area contributed by atoms with Crippen molar-refractivity contribution in [1.82, 2.24) is 10.2 Å². The highest BCUT2D eigenvalue weighted by Gasteiger charge is 2.24. The third-order valence-electron chi connectivity index (χ3n) is 3.94. The quantitative estimate of drug-likeness (QED) is 0.878. The second kappa shape index (κ2) is 6.35. The predicted octanol–water partition coefficient (Wildman–Crippen LogP) is 2.47. The third-order valence-corrected chi connectivity index (χ3v) is 3.94. The fraction of sp³-hybridized carbons (Fsp3) is 0.625. The van der Waals surface area contributed by atoms with Crippen molar-refractivity contribution in [1.29, 1.82) is 0 Å². The van der Waals surface area contributed by atoms with Crippen molar-refractivity contribution in [2.75, 3.05) is 26.2 Å². The maximum Gasteiger partial charge on any atom is 0.0244 e. The van der Waals surface area contributed by atoms with E-state index in [9.17, 15) is 0 Å². The molecule has 1 fully saturated rings. The Kier molecular flexibility index (Phi) is 4.79. The summed E-state index contributed by atoms with van der Waals surface area (Å²) in [4.78, 5) is 2.66. The summed E-state index contributed by atoms with van der Waals surface area (Å²) >= 11 is 0. The lowest BCUT2D eigenvalue weighted by molar-refractivity contribution is 0.126. The Morgan fingerprint density at radius 3 is 2.94 bits per heavy atom. The van der Waals surface area contributed by atoms with Crippen LogP contribution in [0.5, 0.6) is 0 Å². The van der Waals surface area contributed by atoms with Crippen LogP contribution in [0.15, 0.2) is 24.3 Å². The first kappa shape index (κ1) is 13.6. The Morgan fingerprint density at radius 1 is 1.39 bits per heavy atom. The van der Waals surface area contributed by atoms with Gasteiger partial charge in [0.25, 0.3) is 0 Å². The van der Waals surface area contributed by atoms with Gasteiger partial charge in [-0.25, -0.2) is 0 Å². The van der Waals surface area contributed by atoms with Crippen LogP contribution in [0.4, 0.5) is 0 Å². The highest BCUT2D eigenvalue weighted by molar-refractivity contribution is 5.22. The van der Waals surface area contributed by atoms with Crippen LogP contribution in [-0.4, -0.2) is 37.1 Å². The molecule has 0 aromatic heterocycles. The van der Waals surface area contributed by atoms with E-state index in [2.05, 4.69) is 55.3 Å². The highest BCUT2D eigenvalue weighted by Crippen LogP contribution is 2.14. The second-order valence-electron chi connectivity index (χ2n) is 5.79. The van der Waals surface area contributed by atoms with Crippen molar-refractivity contribution in [3.63, 3.8) is 0 Å². The van der Waals surface area contributed by atoms with E-state index in [0.29, 0.717) is 6.04 Å². The average Bonchev–Trinajstić information content (AvgIpc) is 2.37. The van der Waals surface area contributed by atoms with Crippen LogP contribution < -0.4 is 5.32 Å². The zero-order valence-electron chi connectivity index (χ0n) is 11.9. The molecule has 0 saturated carbocycles. The van der Waals surface area contributed by atoms with Crippen LogP contribution in [0.25, 0.3) is 0 Å². The molecule has 1 unspecified atom stereocenters. The van der Waals surface area contributed by atoms with E-state index in [1.54, 1.807) is 0 Å². The molecule has 0 aliphatic carbocycles. The van der Waals surface area contributed by atoms with Crippen molar-refractivity contribution >= 4 is 0 Å². The van der Waals surface area contributed by atoms with Gasteiger partial charge in [0, 0.05) is 32.2 Å². The van der Waals surface area contributed by atoms with Gasteiger partial charge in [0.2, 0.25) is 0 Å². The molecule has 1 aliphatic rings. The number of nitrogens with zero attached hydrogens (tertiary/aromatic N) is 1. The fourth-order valence-corrected chi connectivity index (χ4v) is 2.84. The van der Waals surface area contributed by atoms with Crippen LogP contribution >= 0.6 is 0 Å². The van der Waals surface area contributed by atoms with Gasteiger partial charge in [-0.2, -0.15) is 0 Å². The number of rotatable bonds is 4. The van der Waals surface area contributed by atoms with Crippen molar-refractivity contribution < 1.29 is 0 Å². The molecule has 2 nitrogen and oxygen atoms in total. The maximum atomic E-state index is 3.51. The molecule has 1 saturated heterocycles. The standard InChI is InChI=1S/C16H26N2/c1-13(2)16-12-17-8-10-18(16)9-7-15-6-4-5-14(3)11-15/h4-6,11,13,16-17H,7-10,12H2,1-3H3. The molecule has 1 aromatic rings. The SMILES string of the molecule is Cc1cccc(CCN2CCNCC2C(C)C)c1. The summed E-state index contributed by atoms with van der Waals surface area (Å²) in [7, 11) is 0. The monoisotopic (exact) mass is 246 g/mol. The number of benzene rings is 1. The summed E-state index contributed by atoms with van der Waals surface area (Å²) in [5.41, 5.74) is 2.84. The van der Waals surface area contributed by atoms with Gasteiger partial charge in [-0.1, -0.05) is 43.7 Å². The minimum Gasteiger partial charge on any atom is -0.314 e. The zero-order chi connectivity index (χ0) is 13.0. The largest absolute Gasteiger partial charge is 0.314 e. The minimum atomic E-state index is 0.698. The molecule has 0 radical (unpaired) electrons. The zero-order valence-corrected chi connectivity index (χ0v) is 11.9. The van der Waals surface area contributed by atoms with Gasteiger partial charge in [-0.05, 0) is 24.8 Å². The Balaban J connectivity index is 1.91. The molecule has 0 amide bonds. The number of hydrogen-bond acceptors (Lipinski definition) is 2. The molecule has 1 atom stereocenters. The summed E-state index contributed by atoms with van der Waals surface area (Å²) in [5, 5.41) is 3.51. The molecule has 2 rings (SSSR count). The molecule has 18 heavy (non-hydrogen) atoms. The number of hydrogen-bond donors (Lipinski definition) is 1. The summed E-state index contributed by atoms with van der Waals surface area (Å²) in [6, 6.07) is 9.60. The number of aryl methyl sites for hydroxylation is 1. The second-order valence-corrected chi connectivity index (χ2v) is 5.79. The maximum absolute atomic E-state index is 3.51. The Labute approximate surface area is 111 Å². The first-order valence-electron chi connectivity index (χ1n) is 7.17. The lowest BCUT2D eigenvalue weighted by atomic mass is 9.99. The molecule has 1 aromatic carbocycles. The molecule has 0 spiro atoms. The van der Waals surface area contributed by atoms with E-state index in [1.807, 2.05) is 0 Å². The minimum absolute atomic E-state index is 0.698. The molecular weight excluding hydrogens is 220 g/mol. The third kappa shape index (κ3) is 3.56. The van der Waals surface area contributed by atoms with Gasteiger partial charge >= 0.3 is 0 Å². The van der Waals surface area contributed by atoms with Crippen molar-refractivity contribution in [2.45, 2.75) is 33.2 Å². The number of piperazine rings is 1. The van der Waals surface area contributed by atoms with Crippen molar-refractivity contribution in [2.24, 2.45) is 5.92 Å². The first-order chi connectivity index (χ1) is 8.66. The number of nitrogens with one attached hydrogen (secondary N) is 1. The Bertz CT molecular complexity index is 373. The van der Waals surface area contributed by atoms with Gasteiger partial charge in [-0.15, -0.1) is 0 Å². The van der Waals surface area contributed by atoms with Crippen LogP contribution in [0, 0.1) is 12.8 Å². The average molecular weight is 246 g/mol. The van der Waals surface area contributed by atoms with Gasteiger partial charge in [0.1, 0.15) is 0 Å². The van der Waals surface area contributed by atoms with Gasteiger partial charge < -0.3 is 5.32 Å². The summed E-state index contributed by atoms with van der Waals surface area (Å²) in [5.74, 6) is 0.732. The molecule has 1 aliphatic heterocycles. The van der Waals surface area contributed by atoms with Crippen LogP contribution in [0.3, 0.4) is 0 Å². The molecular formula is C16H26N2. The summed E-state index contributed by atoms with van der Waals surface area (Å²) in [6.45, 7) is 11.5. The normalized spacial score (nSPS) is 21.4. The van der Waals surface area contributed by atoms with E-state index in [-0.39, 0.29) is 0 Å². The molecule has 2 heteroatoms. The van der Waals surface area contributed by atoms with Gasteiger partial charge in [0.05, 0.1) is 0 Å². The molecule has 1 heterocycles. The van der Waals surface area contributed by atoms with E-state index in [0.717, 1.165) is 19.0 Å². The molecule has 1 N–H and O–H groups in total. The fourth-order valence-electron chi connectivity index (χ4n) is 2.84. The van der Waals surface area contributed by atoms with E-state index in [1.165, 1.54) is 30.6 Å². The lowest BCUT2D eigenvalue weighted by Gasteiger charge is -2.38. The topological polar surface area (TPSA) is 15.3 Å². The van der Waals surface area contributed by atoms with Crippen molar-refractivity contribution in [3.8, 4) is 0 Å². The van der Waals surface area contributed by atoms with Gasteiger partial charge in [0.15, 0.2) is 0 Å². The highest BCUT2D eigenvalue weighted by atomic mass is 15.2. The molecule has 100 valence electrons. The predicted molar refractivity (Wildman–Crippen MR) is 78.0 cm³/mol. The lowest BCUT2D eigenvalue weighted by Crippen LogP contribution is -2.53. The van der Waals surface area contributed by atoms with Crippen LogP contribution in [0.2, 0.25) is 0 Å². The Morgan fingerprint density at radius 2 is 2.22 bits per heavy atom. The van der Waals surface area contributed by atoms with E-state index >= 15 is 0 Å². The van der Waals surface area contributed by atoms with Crippen LogP contribution in [0.1, 0.15) is 25.0 Å². The van der Waals surface area contributed by atoms with E-state index < -0.39 is 0 Å². The van der Waals surface area contributed by atoms with Crippen LogP contribution in [-0.2, 0) is 6.42 Å². The summed E-state index contributed by atoms with van der Waals surface area (Å²) in [6.07, 6.45) is 1.17.